The second kappa shape index (κ2) is 4.31. The molecular weight excluding hydrogens is 199 g/mol. The number of hydrogen-bond acceptors (Lipinski definition) is 0. The average molecular weight is 212 g/mol. The maximum atomic E-state index is 13.5. The lowest BCUT2D eigenvalue weighted by Crippen LogP contribution is -2.07. The van der Waals surface area contributed by atoms with E-state index in [0.29, 0.717) is 16.5 Å². The Morgan fingerprint density at radius 3 is 2.64 bits per heavy atom. The standard InChI is InChI=1S/C12H13ClF/c13-10-7-4-8-11(14)12(10)9-5-2-1-3-6-9/h4,8-9H,1-3,5-6H2. The van der Waals surface area contributed by atoms with Crippen LogP contribution >= 0.6 is 11.6 Å². The topological polar surface area (TPSA) is 0 Å². The summed E-state index contributed by atoms with van der Waals surface area (Å²) in [5.74, 6) is 0.148. The summed E-state index contributed by atoms with van der Waals surface area (Å²) in [6.45, 7) is 0. The fourth-order valence-corrected chi connectivity index (χ4v) is 2.53. The highest BCUT2D eigenvalue weighted by Crippen LogP contribution is 2.37. The van der Waals surface area contributed by atoms with Crippen molar-refractivity contribution < 1.29 is 4.39 Å². The van der Waals surface area contributed by atoms with Crippen molar-refractivity contribution in [2.24, 2.45) is 0 Å². The van der Waals surface area contributed by atoms with E-state index in [4.69, 9.17) is 11.6 Å². The first kappa shape index (κ1) is 9.97. The van der Waals surface area contributed by atoms with Crippen LogP contribution in [0.4, 0.5) is 4.39 Å². The zero-order valence-corrected chi connectivity index (χ0v) is 8.78. The highest BCUT2D eigenvalue weighted by atomic mass is 35.5. The Morgan fingerprint density at radius 1 is 1.29 bits per heavy atom. The van der Waals surface area contributed by atoms with Crippen LogP contribution in [0.3, 0.4) is 0 Å². The summed E-state index contributed by atoms with van der Waals surface area (Å²) in [5.41, 5.74) is 0.689. The minimum atomic E-state index is -0.166. The maximum absolute atomic E-state index is 13.5. The first-order valence-corrected chi connectivity index (χ1v) is 5.52. The molecule has 0 nitrogen and oxygen atoms in total. The van der Waals surface area contributed by atoms with E-state index in [2.05, 4.69) is 6.07 Å². The van der Waals surface area contributed by atoms with Gasteiger partial charge in [0.15, 0.2) is 0 Å². The molecule has 1 aromatic rings. The van der Waals surface area contributed by atoms with Gasteiger partial charge >= 0.3 is 0 Å². The second-order valence-corrected chi connectivity index (χ2v) is 4.27. The van der Waals surface area contributed by atoms with Crippen molar-refractivity contribution in [2.75, 3.05) is 0 Å². The molecule has 0 amide bonds. The maximum Gasteiger partial charge on any atom is 0.128 e. The molecule has 0 aliphatic heterocycles. The zero-order valence-electron chi connectivity index (χ0n) is 8.02. The van der Waals surface area contributed by atoms with Gasteiger partial charge in [-0.2, -0.15) is 0 Å². The molecular formula is C12H13ClF. The van der Waals surface area contributed by atoms with Gasteiger partial charge < -0.3 is 0 Å². The predicted molar refractivity (Wildman–Crippen MR) is 56.1 cm³/mol. The van der Waals surface area contributed by atoms with E-state index in [9.17, 15) is 4.39 Å². The van der Waals surface area contributed by atoms with Crippen LogP contribution in [0.5, 0.6) is 0 Å². The second-order valence-electron chi connectivity index (χ2n) is 3.89. The molecule has 1 radical (unpaired) electrons. The van der Waals surface area contributed by atoms with Gasteiger partial charge in [-0.15, -0.1) is 0 Å². The zero-order chi connectivity index (χ0) is 9.97. The lowest BCUT2D eigenvalue weighted by molar-refractivity contribution is 0.430. The van der Waals surface area contributed by atoms with Crippen molar-refractivity contribution in [3.05, 3.63) is 34.6 Å². The summed E-state index contributed by atoms with van der Waals surface area (Å²) in [6.07, 6.45) is 5.78. The number of halogens is 2. The Labute approximate surface area is 89.1 Å². The summed E-state index contributed by atoms with van der Waals surface area (Å²) in [5, 5.41) is 0.469. The van der Waals surface area contributed by atoms with Gasteiger partial charge in [0.25, 0.3) is 0 Å². The van der Waals surface area contributed by atoms with E-state index in [1.54, 1.807) is 6.07 Å². The van der Waals surface area contributed by atoms with E-state index in [-0.39, 0.29) is 5.82 Å². The van der Waals surface area contributed by atoms with E-state index >= 15 is 0 Å². The Balaban J connectivity index is 2.29. The molecule has 2 rings (SSSR count). The van der Waals surface area contributed by atoms with Crippen LogP contribution < -0.4 is 0 Å². The van der Waals surface area contributed by atoms with E-state index in [1.165, 1.54) is 25.3 Å². The van der Waals surface area contributed by atoms with Gasteiger partial charge in [0.05, 0.1) is 5.02 Å². The molecule has 2 heteroatoms. The van der Waals surface area contributed by atoms with Crippen molar-refractivity contribution in [1.29, 1.82) is 0 Å². The van der Waals surface area contributed by atoms with Crippen molar-refractivity contribution in [2.45, 2.75) is 38.0 Å². The lowest BCUT2D eigenvalue weighted by atomic mass is 9.84. The van der Waals surface area contributed by atoms with Gasteiger partial charge in [0.1, 0.15) is 5.82 Å². The van der Waals surface area contributed by atoms with Crippen LogP contribution in [-0.4, -0.2) is 0 Å². The minimum Gasteiger partial charge on any atom is -0.207 e. The Kier molecular flexibility index (Phi) is 3.07. The molecule has 0 unspecified atom stereocenters. The minimum absolute atomic E-state index is 0.166. The lowest BCUT2D eigenvalue weighted by Gasteiger charge is -2.23. The molecule has 0 aromatic heterocycles. The third-order valence-corrected chi connectivity index (χ3v) is 3.26. The van der Waals surface area contributed by atoms with E-state index in [0.717, 1.165) is 12.8 Å². The third-order valence-electron chi connectivity index (χ3n) is 2.95. The molecule has 1 aliphatic rings. The van der Waals surface area contributed by atoms with Crippen LogP contribution in [-0.2, 0) is 0 Å². The van der Waals surface area contributed by atoms with Crippen LogP contribution in [0.15, 0.2) is 12.1 Å². The van der Waals surface area contributed by atoms with Gasteiger partial charge in [0.2, 0.25) is 0 Å². The molecule has 14 heavy (non-hydrogen) atoms. The Hall–Kier alpha value is -0.560. The van der Waals surface area contributed by atoms with Gasteiger partial charge in [-0.1, -0.05) is 30.9 Å². The molecule has 75 valence electrons. The van der Waals surface area contributed by atoms with Crippen molar-refractivity contribution >= 4 is 11.6 Å². The summed E-state index contributed by atoms with van der Waals surface area (Å²) in [6, 6.07) is 5.86. The molecule has 0 spiro atoms. The van der Waals surface area contributed by atoms with Crippen molar-refractivity contribution in [3.8, 4) is 0 Å². The molecule has 0 bridgehead atoms. The van der Waals surface area contributed by atoms with Crippen LogP contribution in [0.2, 0.25) is 5.02 Å². The smallest absolute Gasteiger partial charge is 0.128 e. The van der Waals surface area contributed by atoms with Crippen molar-refractivity contribution in [3.63, 3.8) is 0 Å². The SMILES string of the molecule is Fc1cc[c]c(Cl)c1C1CCCCC1. The monoisotopic (exact) mass is 211 g/mol. The largest absolute Gasteiger partial charge is 0.207 e. The Morgan fingerprint density at radius 2 is 2.00 bits per heavy atom. The van der Waals surface area contributed by atoms with Gasteiger partial charge in [-0.25, -0.2) is 4.39 Å². The highest BCUT2D eigenvalue weighted by Gasteiger charge is 2.21. The first-order chi connectivity index (χ1) is 6.79. The van der Waals surface area contributed by atoms with E-state index in [1.807, 2.05) is 0 Å². The molecule has 0 N–H and O–H groups in total. The van der Waals surface area contributed by atoms with Crippen molar-refractivity contribution in [1.82, 2.24) is 0 Å². The molecule has 0 heterocycles. The quantitative estimate of drug-likeness (QED) is 0.649. The number of hydrogen-bond donors (Lipinski definition) is 0. The fraction of sp³-hybridized carbons (Fsp3) is 0.500. The van der Waals surface area contributed by atoms with Crippen LogP contribution in [0, 0.1) is 11.9 Å². The first-order valence-electron chi connectivity index (χ1n) is 5.14. The molecule has 0 saturated heterocycles. The molecule has 1 aromatic carbocycles. The molecule has 1 aliphatic carbocycles. The van der Waals surface area contributed by atoms with Gasteiger partial charge in [-0.3, -0.25) is 0 Å². The number of rotatable bonds is 1. The van der Waals surface area contributed by atoms with E-state index < -0.39 is 0 Å². The molecule has 1 saturated carbocycles. The predicted octanol–water partition coefficient (Wildman–Crippen LogP) is 4.33. The van der Waals surface area contributed by atoms with Gasteiger partial charge in [-0.05, 0) is 30.9 Å². The molecule has 0 atom stereocenters. The van der Waals surface area contributed by atoms with Gasteiger partial charge in [0, 0.05) is 11.6 Å². The summed E-state index contributed by atoms with van der Waals surface area (Å²) >= 11 is 5.97. The summed E-state index contributed by atoms with van der Waals surface area (Å²) in [4.78, 5) is 0. The normalized spacial score (nSPS) is 18.4. The fourth-order valence-electron chi connectivity index (χ4n) is 2.23. The van der Waals surface area contributed by atoms with Crippen LogP contribution in [0.25, 0.3) is 0 Å². The summed E-state index contributed by atoms with van der Waals surface area (Å²) in [7, 11) is 0. The summed E-state index contributed by atoms with van der Waals surface area (Å²) < 4.78 is 13.5. The third kappa shape index (κ3) is 1.93. The average Bonchev–Trinajstić information content (AvgIpc) is 2.19. The molecule has 1 fully saturated rings. The van der Waals surface area contributed by atoms with Crippen LogP contribution in [0.1, 0.15) is 43.6 Å². The highest BCUT2D eigenvalue weighted by molar-refractivity contribution is 6.31. The Bertz CT molecular complexity index is 296. The number of benzene rings is 1.